The molecule has 0 aromatic heterocycles. The number of urea groups is 1. The summed E-state index contributed by atoms with van der Waals surface area (Å²) in [4.78, 5) is 29.0. The molecule has 200 valence electrons. The fraction of sp³-hybridized carbons (Fsp3) is 0.161. The third kappa shape index (κ3) is 7.57. The van der Waals surface area contributed by atoms with Crippen molar-refractivity contribution in [1.82, 2.24) is 0 Å². The fourth-order valence-electron chi connectivity index (χ4n) is 4.06. The molecule has 4 aromatic carbocycles. The maximum atomic E-state index is 13.7. The van der Waals surface area contributed by atoms with Crippen LogP contribution in [0.15, 0.2) is 107 Å². The Balaban J connectivity index is 1.52. The van der Waals surface area contributed by atoms with Crippen molar-refractivity contribution in [3.05, 3.63) is 118 Å². The lowest BCUT2D eigenvalue weighted by atomic mass is 10.1. The van der Waals surface area contributed by atoms with E-state index in [1.807, 2.05) is 85.8 Å². The summed E-state index contributed by atoms with van der Waals surface area (Å²) in [7, 11) is 0. The van der Waals surface area contributed by atoms with Crippen molar-refractivity contribution in [1.29, 1.82) is 0 Å². The molecule has 0 spiro atoms. The Hall–Kier alpha value is -3.45. The number of carbonyl (C=O) groups excluding carboxylic acids is 2. The van der Waals surface area contributed by atoms with Gasteiger partial charge in [-0.15, -0.1) is 0 Å². The van der Waals surface area contributed by atoms with Gasteiger partial charge in [-0.3, -0.25) is 9.69 Å². The highest BCUT2D eigenvalue weighted by atomic mass is 35.5. The monoisotopic (exact) mass is 578 g/mol. The van der Waals surface area contributed by atoms with E-state index < -0.39 is 0 Å². The smallest absolute Gasteiger partial charge is 0.326 e. The second-order valence-electron chi connectivity index (χ2n) is 8.72. The van der Waals surface area contributed by atoms with Crippen LogP contribution in [0, 0.1) is 0 Å². The zero-order valence-corrected chi connectivity index (χ0v) is 23.9. The predicted molar refractivity (Wildman–Crippen MR) is 160 cm³/mol. The molecule has 2 amide bonds. The van der Waals surface area contributed by atoms with E-state index in [1.165, 1.54) is 0 Å². The van der Waals surface area contributed by atoms with Gasteiger partial charge in [0.2, 0.25) is 0 Å². The molecule has 0 fully saturated rings. The number of amides is 2. The minimum absolute atomic E-state index is 0.240. The van der Waals surface area contributed by atoms with Crippen LogP contribution >= 0.6 is 35.0 Å². The number of esters is 1. The van der Waals surface area contributed by atoms with Gasteiger partial charge in [0.05, 0.1) is 34.8 Å². The van der Waals surface area contributed by atoms with Crippen LogP contribution in [0.5, 0.6) is 0 Å². The van der Waals surface area contributed by atoms with Crippen LogP contribution in [-0.2, 0) is 16.0 Å². The molecule has 0 heterocycles. The lowest BCUT2D eigenvalue weighted by Gasteiger charge is -2.31. The first kappa shape index (κ1) is 28.6. The maximum Gasteiger partial charge on any atom is 0.326 e. The van der Waals surface area contributed by atoms with Gasteiger partial charge in [-0.05, 0) is 67.4 Å². The lowest BCUT2D eigenvalue weighted by Crippen LogP contribution is -2.37. The molecule has 8 heteroatoms. The van der Waals surface area contributed by atoms with E-state index in [9.17, 15) is 9.59 Å². The van der Waals surface area contributed by atoms with Crippen LogP contribution in [0.25, 0.3) is 0 Å². The molecule has 5 nitrogen and oxygen atoms in total. The minimum atomic E-state index is -0.332. The van der Waals surface area contributed by atoms with Crippen LogP contribution in [0.4, 0.5) is 16.2 Å². The Kier molecular flexibility index (Phi) is 9.93. The molecule has 0 saturated carbocycles. The van der Waals surface area contributed by atoms with Crippen LogP contribution in [0.3, 0.4) is 0 Å². The van der Waals surface area contributed by atoms with Crippen LogP contribution < -0.4 is 10.2 Å². The maximum absolute atomic E-state index is 13.7. The van der Waals surface area contributed by atoms with Crippen molar-refractivity contribution in [3.8, 4) is 0 Å². The SMILES string of the molecule is CCOC(=O)Cc1ccc(Sc2cccc(NC(=O)N(c3cccc(Cl)c3Cl)C(C)c3ccccc3)c2)cc1. The van der Waals surface area contributed by atoms with E-state index >= 15 is 0 Å². The van der Waals surface area contributed by atoms with Crippen molar-refractivity contribution >= 4 is 58.3 Å². The summed E-state index contributed by atoms with van der Waals surface area (Å²) in [5, 5.41) is 3.71. The summed E-state index contributed by atoms with van der Waals surface area (Å²) >= 11 is 14.4. The van der Waals surface area contributed by atoms with Crippen LogP contribution in [-0.4, -0.2) is 18.6 Å². The summed E-state index contributed by atoms with van der Waals surface area (Å²) < 4.78 is 5.02. The van der Waals surface area contributed by atoms with Gasteiger partial charge < -0.3 is 10.1 Å². The number of nitrogens with zero attached hydrogens (tertiary/aromatic N) is 1. The number of hydrogen-bond acceptors (Lipinski definition) is 4. The summed E-state index contributed by atoms with van der Waals surface area (Å²) in [5.74, 6) is -0.240. The molecule has 1 N–H and O–H groups in total. The van der Waals surface area contributed by atoms with E-state index in [2.05, 4.69) is 5.32 Å². The van der Waals surface area contributed by atoms with Crippen molar-refractivity contribution in [3.63, 3.8) is 0 Å². The predicted octanol–water partition coefficient (Wildman–Crippen LogP) is 9.05. The van der Waals surface area contributed by atoms with E-state index in [0.29, 0.717) is 28.0 Å². The third-order valence-corrected chi connectivity index (χ3v) is 7.78. The van der Waals surface area contributed by atoms with Crippen molar-refractivity contribution < 1.29 is 14.3 Å². The molecule has 1 atom stereocenters. The zero-order valence-electron chi connectivity index (χ0n) is 21.6. The Labute approximate surface area is 243 Å². The Bertz CT molecular complexity index is 1430. The number of carbonyl (C=O) groups is 2. The minimum Gasteiger partial charge on any atom is -0.466 e. The number of nitrogens with one attached hydrogen (secondary N) is 1. The van der Waals surface area contributed by atoms with Gasteiger partial charge in [0.1, 0.15) is 0 Å². The lowest BCUT2D eigenvalue weighted by molar-refractivity contribution is -0.142. The van der Waals surface area contributed by atoms with E-state index in [1.54, 1.807) is 41.8 Å². The Morgan fingerprint density at radius 1 is 0.897 bits per heavy atom. The van der Waals surface area contributed by atoms with Crippen LogP contribution in [0.2, 0.25) is 10.0 Å². The van der Waals surface area contributed by atoms with Gasteiger partial charge >= 0.3 is 12.0 Å². The quantitative estimate of drug-likeness (QED) is 0.201. The van der Waals surface area contributed by atoms with Gasteiger partial charge in [0, 0.05) is 15.5 Å². The summed E-state index contributed by atoms with van der Waals surface area (Å²) in [5.41, 5.74) is 3.02. The fourth-order valence-corrected chi connectivity index (χ4v) is 5.33. The standard InChI is InChI=1S/C31H28Cl2N2O3S/c1-3-38-29(36)19-22-15-17-25(18-16-22)39-26-12-7-11-24(20-26)34-31(37)35(21(2)23-9-5-4-6-10-23)28-14-8-13-27(32)30(28)33/h4-18,20-21H,3,19H2,1-2H3,(H,34,37). The second kappa shape index (κ2) is 13.6. The molecule has 1 unspecified atom stereocenters. The molecule has 0 aliphatic rings. The Morgan fingerprint density at radius 3 is 2.33 bits per heavy atom. The molecule has 4 aromatic rings. The number of anilines is 2. The molecule has 0 saturated heterocycles. The van der Waals surface area contributed by atoms with Gasteiger partial charge in [-0.1, -0.05) is 89.6 Å². The summed E-state index contributed by atoms with van der Waals surface area (Å²) in [6.07, 6.45) is 0.245. The second-order valence-corrected chi connectivity index (χ2v) is 10.6. The first-order valence-corrected chi connectivity index (χ1v) is 14.0. The molecule has 39 heavy (non-hydrogen) atoms. The van der Waals surface area contributed by atoms with Crippen molar-refractivity contribution in [2.45, 2.75) is 36.1 Å². The first-order chi connectivity index (χ1) is 18.9. The average Bonchev–Trinajstić information content (AvgIpc) is 2.93. The van der Waals surface area contributed by atoms with E-state index in [-0.39, 0.29) is 24.5 Å². The normalized spacial score (nSPS) is 11.5. The Morgan fingerprint density at radius 2 is 1.62 bits per heavy atom. The van der Waals surface area contributed by atoms with Gasteiger partial charge in [0.25, 0.3) is 0 Å². The highest BCUT2D eigenvalue weighted by Crippen LogP contribution is 2.37. The average molecular weight is 580 g/mol. The van der Waals surface area contributed by atoms with Crippen LogP contribution in [0.1, 0.15) is 31.0 Å². The van der Waals surface area contributed by atoms with Gasteiger partial charge in [-0.25, -0.2) is 4.79 Å². The highest BCUT2D eigenvalue weighted by molar-refractivity contribution is 7.99. The molecule has 0 bridgehead atoms. The summed E-state index contributed by atoms with van der Waals surface area (Å²) in [6, 6.07) is 29.8. The highest BCUT2D eigenvalue weighted by Gasteiger charge is 2.26. The molecular weight excluding hydrogens is 551 g/mol. The molecular formula is C31H28Cl2N2O3S. The number of ether oxygens (including phenoxy) is 1. The number of hydrogen-bond donors (Lipinski definition) is 1. The topological polar surface area (TPSA) is 58.6 Å². The summed E-state index contributed by atoms with van der Waals surface area (Å²) in [6.45, 7) is 4.11. The third-order valence-electron chi connectivity index (χ3n) is 5.98. The van der Waals surface area contributed by atoms with Gasteiger partial charge in [-0.2, -0.15) is 0 Å². The number of rotatable bonds is 9. The molecule has 0 aliphatic heterocycles. The van der Waals surface area contributed by atoms with E-state index in [4.69, 9.17) is 27.9 Å². The van der Waals surface area contributed by atoms with E-state index in [0.717, 1.165) is 20.9 Å². The van der Waals surface area contributed by atoms with Crippen molar-refractivity contribution in [2.24, 2.45) is 0 Å². The zero-order chi connectivity index (χ0) is 27.8. The number of halogens is 2. The van der Waals surface area contributed by atoms with Crippen molar-refractivity contribution in [2.75, 3.05) is 16.8 Å². The number of benzene rings is 4. The first-order valence-electron chi connectivity index (χ1n) is 12.5. The largest absolute Gasteiger partial charge is 0.466 e. The molecule has 4 rings (SSSR count). The van der Waals surface area contributed by atoms with Gasteiger partial charge in [0.15, 0.2) is 0 Å². The molecule has 0 aliphatic carbocycles. The molecule has 0 radical (unpaired) electrons.